The molecule has 2 nitrogen and oxygen atoms in total. The van der Waals surface area contributed by atoms with E-state index < -0.39 is 0 Å². The quantitative estimate of drug-likeness (QED) is 0.907. The first-order chi connectivity index (χ1) is 8.59. The molecule has 18 heavy (non-hydrogen) atoms. The van der Waals surface area contributed by atoms with Gasteiger partial charge in [-0.25, -0.2) is 0 Å². The van der Waals surface area contributed by atoms with E-state index in [4.69, 9.17) is 10.5 Å². The standard InChI is InChI=1S/C15H19NOS/c1-10-6-4-5-7-13(10)17-14(12(3)16)15-11(2)8-9-18-15/h4-9,12,14H,16H2,1-3H3. The lowest BCUT2D eigenvalue weighted by atomic mass is 10.1. The highest BCUT2D eigenvalue weighted by Gasteiger charge is 2.21. The minimum Gasteiger partial charge on any atom is -0.483 e. The molecule has 0 aliphatic rings. The average molecular weight is 261 g/mol. The fourth-order valence-corrected chi connectivity index (χ4v) is 2.97. The molecular weight excluding hydrogens is 242 g/mol. The van der Waals surface area contributed by atoms with Crippen LogP contribution in [0.1, 0.15) is 29.0 Å². The number of para-hydroxylation sites is 1. The maximum absolute atomic E-state index is 6.12. The van der Waals surface area contributed by atoms with Gasteiger partial charge in [-0.3, -0.25) is 0 Å². The van der Waals surface area contributed by atoms with Gasteiger partial charge in [0.15, 0.2) is 0 Å². The summed E-state index contributed by atoms with van der Waals surface area (Å²) in [6.07, 6.45) is -0.0777. The van der Waals surface area contributed by atoms with Gasteiger partial charge in [-0.15, -0.1) is 11.3 Å². The van der Waals surface area contributed by atoms with Crippen LogP contribution in [0.3, 0.4) is 0 Å². The van der Waals surface area contributed by atoms with Gasteiger partial charge in [-0.1, -0.05) is 18.2 Å². The highest BCUT2D eigenvalue weighted by molar-refractivity contribution is 7.10. The monoisotopic (exact) mass is 261 g/mol. The normalized spacial score (nSPS) is 14.2. The zero-order valence-electron chi connectivity index (χ0n) is 11.0. The van der Waals surface area contributed by atoms with Crippen molar-refractivity contribution in [2.75, 3.05) is 0 Å². The van der Waals surface area contributed by atoms with E-state index in [2.05, 4.69) is 31.4 Å². The van der Waals surface area contributed by atoms with Crippen molar-refractivity contribution in [2.24, 2.45) is 5.73 Å². The predicted molar refractivity (Wildman–Crippen MR) is 77.3 cm³/mol. The SMILES string of the molecule is Cc1ccccc1OC(c1sccc1C)C(C)N. The largest absolute Gasteiger partial charge is 0.483 e. The molecule has 1 aromatic heterocycles. The van der Waals surface area contributed by atoms with Crippen LogP contribution < -0.4 is 10.5 Å². The van der Waals surface area contributed by atoms with Gasteiger partial charge in [-0.05, 0) is 49.4 Å². The van der Waals surface area contributed by atoms with Gasteiger partial charge in [0.05, 0.1) is 0 Å². The number of ether oxygens (including phenoxy) is 1. The second-order valence-electron chi connectivity index (χ2n) is 4.63. The van der Waals surface area contributed by atoms with Crippen molar-refractivity contribution in [2.45, 2.75) is 32.9 Å². The number of aryl methyl sites for hydroxylation is 2. The molecule has 0 saturated heterocycles. The van der Waals surface area contributed by atoms with E-state index >= 15 is 0 Å². The molecule has 0 fully saturated rings. The Bertz CT molecular complexity index is 519. The summed E-state index contributed by atoms with van der Waals surface area (Å²) in [6, 6.07) is 10.1. The number of nitrogens with two attached hydrogens (primary N) is 1. The van der Waals surface area contributed by atoms with Crippen LogP contribution in [0.4, 0.5) is 0 Å². The summed E-state index contributed by atoms with van der Waals surface area (Å²) in [4.78, 5) is 1.22. The van der Waals surface area contributed by atoms with Crippen LogP contribution in [0.5, 0.6) is 5.75 Å². The Hall–Kier alpha value is -1.32. The van der Waals surface area contributed by atoms with Crippen LogP contribution in [-0.2, 0) is 0 Å². The molecule has 0 spiro atoms. The molecular formula is C15H19NOS. The first-order valence-electron chi connectivity index (χ1n) is 6.11. The van der Waals surface area contributed by atoms with Gasteiger partial charge in [0.1, 0.15) is 11.9 Å². The van der Waals surface area contributed by atoms with E-state index in [-0.39, 0.29) is 12.1 Å². The van der Waals surface area contributed by atoms with Crippen molar-refractivity contribution >= 4 is 11.3 Å². The predicted octanol–water partition coefficient (Wildman–Crippen LogP) is 3.83. The van der Waals surface area contributed by atoms with E-state index in [1.54, 1.807) is 11.3 Å². The van der Waals surface area contributed by atoms with Gasteiger partial charge in [0.2, 0.25) is 0 Å². The summed E-state index contributed by atoms with van der Waals surface area (Å²) in [5, 5.41) is 2.08. The molecule has 1 aromatic carbocycles. The Balaban J connectivity index is 2.28. The van der Waals surface area contributed by atoms with Crippen LogP contribution in [0, 0.1) is 13.8 Å². The Morgan fingerprint density at radius 3 is 2.39 bits per heavy atom. The van der Waals surface area contributed by atoms with Crippen molar-refractivity contribution in [3.63, 3.8) is 0 Å². The number of rotatable bonds is 4. The first-order valence-corrected chi connectivity index (χ1v) is 6.99. The zero-order chi connectivity index (χ0) is 13.1. The molecule has 96 valence electrons. The van der Waals surface area contributed by atoms with E-state index in [0.717, 1.165) is 11.3 Å². The lowest BCUT2D eigenvalue weighted by Crippen LogP contribution is -2.29. The fourth-order valence-electron chi connectivity index (χ4n) is 1.90. The molecule has 0 radical (unpaired) electrons. The summed E-state index contributed by atoms with van der Waals surface area (Å²) in [7, 11) is 0. The third-order valence-electron chi connectivity index (χ3n) is 2.99. The Morgan fingerprint density at radius 1 is 1.11 bits per heavy atom. The number of benzene rings is 1. The number of hydrogen-bond acceptors (Lipinski definition) is 3. The molecule has 0 aliphatic carbocycles. The van der Waals surface area contributed by atoms with Crippen molar-refractivity contribution in [3.8, 4) is 5.75 Å². The topological polar surface area (TPSA) is 35.2 Å². The third kappa shape index (κ3) is 2.74. The van der Waals surface area contributed by atoms with Gasteiger partial charge >= 0.3 is 0 Å². The van der Waals surface area contributed by atoms with E-state index in [1.807, 2.05) is 25.1 Å². The Kier molecular flexibility index (Phi) is 4.04. The first kappa shape index (κ1) is 13.1. The second-order valence-corrected chi connectivity index (χ2v) is 5.58. The molecule has 0 amide bonds. The molecule has 0 bridgehead atoms. The molecule has 1 heterocycles. The number of thiophene rings is 1. The molecule has 0 aliphatic heterocycles. The maximum atomic E-state index is 6.12. The Labute approximate surface area is 112 Å². The van der Waals surface area contributed by atoms with Crippen molar-refractivity contribution in [3.05, 3.63) is 51.7 Å². The van der Waals surface area contributed by atoms with Gasteiger partial charge in [0, 0.05) is 10.9 Å². The van der Waals surface area contributed by atoms with E-state index in [0.29, 0.717) is 0 Å². The highest BCUT2D eigenvalue weighted by Crippen LogP contribution is 2.31. The molecule has 3 heteroatoms. The fraction of sp³-hybridized carbons (Fsp3) is 0.333. The maximum Gasteiger partial charge on any atom is 0.148 e. The van der Waals surface area contributed by atoms with E-state index in [1.165, 1.54) is 10.4 Å². The van der Waals surface area contributed by atoms with Crippen LogP contribution in [-0.4, -0.2) is 6.04 Å². The summed E-state index contributed by atoms with van der Waals surface area (Å²) in [6.45, 7) is 6.14. The molecule has 2 atom stereocenters. The van der Waals surface area contributed by atoms with Crippen molar-refractivity contribution in [1.29, 1.82) is 0 Å². The van der Waals surface area contributed by atoms with Crippen molar-refractivity contribution in [1.82, 2.24) is 0 Å². The van der Waals surface area contributed by atoms with Crippen LogP contribution in [0.25, 0.3) is 0 Å². The molecule has 0 saturated carbocycles. The lowest BCUT2D eigenvalue weighted by molar-refractivity contribution is 0.182. The minimum atomic E-state index is -0.0777. The summed E-state index contributed by atoms with van der Waals surface area (Å²) in [5.41, 5.74) is 8.46. The third-order valence-corrected chi connectivity index (χ3v) is 4.07. The molecule has 2 rings (SSSR count). The van der Waals surface area contributed by atoms with Crippen LogP contribution in [0.2, 0.25) is 0 Å². The molecule has 2 N–H and O–H groups in total. The summed E-state index contributed by atoms with van der Waals surface area (Å²) in [5.74, 6) is 0.910. The summed E-state index contributed by atoms with van der Waals surface area (Å²) >= 11 is 1.71. The second kappa shape index (κ2) is 5.55. The lowest BCUT2D eigenvalue weighted by Gasteiger charge is -2.23. The zero-order valence-corrected chi connectivity index (χ0v) is 11.8. The minimum absolute atomic E-state index is 0.0399. The summed E-state index contributed by atoms with van der Waals surface area (Å²) < 4.78 is 6.12. The Morgan fingerprint density at radius 2 is 1.83 bits per heavy atom. The average Bonchev–Trinajstić information content (AvgIpc) is 2.74. The van der Waals surface area contributed by atoms with Crippen molar-refractivity contribution < 1.29 is 4.74 Å². The van der Waals surface area contributed by atoms with E-state index in [9.17, 15) is 0 Å². The molecule has 2 aromatic rings. The van der Waals surface area contributed by atoms with Crippen LogP contribution in [0.15, 0.2) is 35.7 Å². The highest BCUT2D eigenvalue weighted by atomic mass is 32.1. The molecule has 2 unspecified atom stereocenters. The smallest absolute Gasteiger partial charge is 0.148 e. The number of hydrogen-bond donors (Lipinski definition) is 1. The van der Waals surface area contributed by atoms with Gasteiger partial charge in [0.25, 0.3) is 0 Å². The van der Waals surface area contributed by atoms with Gasteiger partial charge < -0.3 is 10.5 Å². The van der Waals surface area contributed by atoms with Crippen LogP contribution >= 0.6 is 11.3 Å². The van der Waals surface area contributed by atoms with Gasteiger partial charge in [-0.2, -0.15) is 0 Å².